The van der Waals surface area contributed by atoms with E-state index in [1.165, 1.54) is 37.8 Å². The van der Waals surface area contributed by atoms with Crippen molar-refractivity contribution in [3.63, 3.8) is 0 Å². The van der Waals surface area contributed by atoms with Gasteiger partial charge in [0.05, 0.1) is 10.3 Å². The van der Waals surface area contributed by atoms with Gasteiger partial charge in [0, 0.05) is 44.7 Å². The molecule has 3 fully saturated rings. The minimum Gasteiger partial charge on any atom is -0.351 e. The monoisotopic (exact) mass is 464 g/mol. The van der Waals surface area contributed by atoms with E-state index in [1.807, 2.05) is 0 Å². The molecular formula is C19H30Cl2N4O3S. The van der Waals surface area contributed by atoms with Gasteiger partial charge in [0.2, 0.25) is 15.9 Å². The normalized spacial score (nSPS) is 27.1. The molecule has 1 aromatic carbocycles. The number of sulfonamides is 1. The van der Waals surface area contributed by atoms with Crippen molar-refractivity contribution in [2.75, 3.05) is 26.2 Å². The molecule has 10 heteroatoms. The van der Waals surface area contributed by atoms with Crippen LogP contribution in [0, 0.1) is 11.3 Å². The second kappa shape index (κ2) is 9.49. The number of benzene rings is 1. The number of amides is 1. The maximum Gasteiger partial charge on any atom is 0.238 e. The maximum atomic E-state index is 13.1. The van der Waals surface area contributed by atoms with Gasteiger partial charge in [-0.25, -0.2) is 13.6 Å². The van der Waals surface area contributed by atoms with Crippen molar-refractivity contribution in [2.45, 2.75) is 43.2 Å². The lowest BCUT2D eigenvalue weighted by Crippen LogP contribution is -2.47. The van der Waals surface area contributed by atoms with Crippen molar-refractivity contribution in [1.82, 2.24) is 15.5 Å². The smallest absolute Gasteiger partial charge is 0.238 e. The molecule has 4 N–H and O–H groups in total. The van der Waals surface area contributed by atoms with Gasteiger partial charge in [-0.15, -0.1) is 24.8 Å². The van der Waals surface area contributed by atoms with Gasteiger partial charge in [-0.3, -0.25) is 9.69 Å². The number of nitrogens with two attached hydrogens (primary N) is 1. The Morgan fingerprint density at radius 1 is 1.21 bits per heavy atom. The first-order valence-corrected chi connectivity index (χ1v) is 11.3. The number of nitrogens with one attached hydrogen (secondary N) is 2. The third kappa shape index (κ3) is 4.89. The summed E-state index contributed by atoms with van der Waals surface area (Å²) in [5, 5.41) is 11.6. The minimum absolute atomic E-state index is 0. The molecule has 2 atom stereocenters. The van der Waals surface area contributed by atoms with Crippen LogP contribution >= 0.6 is 24.8 Å². The average Bonchev–Trinajstić information content (AvgIpc) is 3.34. The first-order chi connectivity index (χ1) is 12.9. The van der Waals surface area contributed by atoms with E-state index in [4.69, 9.17) is 5.14 Å². The number of carbonyl (C=O) groups is 1. The van der Waals surface area contributed by atoms with Gasteiger partial charge < -0.3 is 10.6 Å². The quantitative estimate of drug-likeness (QED) is 0.608. The summed E-state index contributed by atoms with van der Waals surface area (Å²) in [7, 11) is -3.69. The van der Waals surface area contributed by atoms with E-state index < -0.39 is 10.0 Å². The molecule has 0 radical (unpaired) electrons. The molecule has 164 valence electrons. The molecule has 0 spiro atoms. The number of fused-ring (bicyclic) bond motifs is 1. The first kappa shape index (κ1) is 24.4. The second-order valence-electron chi connectivity index (χ2n) is 8.22. The number of hydrogen-bond acceptors (Lipinski definition) is 5. The lowest BCUT2D eigenvalue weighted by molar-refractivity contribution is -0.131. The lowest BCUT2D eigenvalue weighted by Gasteiger charge is -2.29. The summed E-state index contributed by atoms with van der Waals surface area (Å²) in [6, 6.07) is 6.99. The van der Waals surface area contributed by atoms with E-state index in [1.54, 1.807) is 12.1 Å². The van der Waals surface area contributed by atoms with Crippen LogP contribution in [0.2, 0.25) is 0 Å². The highest BCUT2D eigenvalue weighted by Gasteiger charge is 2.55. The van der Waals surface area contributed by atoms with Gasteiger partial charge in [-0.05, 0) is 30.5 Å². The van der Waals surface area contributed by atoms with Gasteiger partial charge >= 0.3 is 0 Å². The van der Waals surface area contributed by atoms with E-state index in [2.05, 4.69) is 15.5 Å². The minimum atomic E-state index is -3.69. The Labute approximate surface area is 185 Å². The van der Waals surface area contributed by atoms with Crippen molar-refractivity contribution in [1.29, 1.82) is 0 Å². The molecule has 29 heavy (non-hydrogen) atoms. The molecule has 4 rings (SSSR count). The van der Waals surface area contributed by atoms with Crippen molar-refractivity contribution < 1.29 is 13.2 Å². The molecule has 2 heterocycles. The van der Waals surface area contributed by atoms with E-state index in [0.29, 0.717) is 18.5 Å². The fraction of sp³-hybridized carbons (Fsp3) is 0.632. The van der Waals surface area contributed by atoms with Crippen LogP contribution in [-0.2, 0) is 21.4 Å². The van der Waals surface area contributed by atoms with Crippen LogP contribution in [0.15, 0.2) is 29.2 Å². The Hall–Kier alpha value is -0.900. The molecule has 0 unspecified atom stereocenters. The fourth-order valence-corrected chi connectivity index (χ4v) is 5.50. The van der Waals surface area contributed by atoms with Crippen molar-refractivity contribution in [2.24, 2.45) is 16.5 Å². The number of likely N-dealkylation sites (tertiary alicyclic amines) is 1. The topological polar surface area (TPSA) is 105 Å². The number of rotatable bonds is 5. The number of nitrogens with zero attached hydrogens (tertiary/aromatic N) is 1. The highest BCUT2D eigenvalue weighted by molar-refractivity contribution is 7.89. The summed E-state index contributed by atoms with van der Waals surface area (Å²) in [5.41, 5.74) is 0.517. The summed E-state index contributed by atoms with van der Waals surface area (Å²) in [6.07, 6.45) is 5.12. The average molecular weight is 465 g/mol. The second-order valence-corrected chi connectivity index (χ2v) is 9.78. The Morgan fingerprint density at radius 3 is 2.48 bits per heavy atom. The number of carbonyl (C=O) groups excluding carboxylic acids is 1. The number of primary sulfonamides is 1. The maximum absolute atomic E-state index is 13.1. The van der Waals surface area contributed by atoms with Crippen LogP contribution in [-0.4, -0.2) is 51.4 Å². The molecule has 0 aromatic heterocycles. The Bertz CT molecular complexity index is 815. The van der Waals surface area contributed by atoms with Crippen molar-refractivity contribution in [3.8, 4) is 0 Å². The fourth-order valence-electron chi connectivity index (χ4n) is 4.98. The summed E-state index contributed by atoms with van der Waals surface area (Å²) in [5.74, 6) is 0.469. The van der Waals surface area contributed by atoms with Gasteiger partial charge in [0.15, 0.2) is 0 Å². The summed E-state index contributed by atoms with van der Waals surface area (Å²) >= 11 is 0. The predicted molar refractivity (Wildman–Crippen MR) is 117 cm³/mol. The largest absolute Gasteiger partial charge is 0.351 e. The zero-order valence-electron chi connectivity index (χ0n) is 16.3. The number of halogens is 2. The van der Waals surface area contributed by atoms with Crippen molar-refractivity contribution >= 4 is 40.7 Å². The summed E-state index contributed by atoms with van der Waals surface area (Å²) in [6.45, 7) is 3.87. The van der Waals surface area contributed by atoms with Gasteiger partial charge in [-0.1, -0.05) is 25.0 Å². The summed E-state index contributed by atoms with van der Waals surface area (Å²) in [4.78, 5) is 15.7. The SMILES string of the molecule is Cl.Cl.NS(=O)(=O)c1ccc(CNC(=O)[C@@]23CNC[C@@H]2CN(C2CCCC2)C3)cc1. The standard InChI is InChI=1S/C19H28N4O3S.2ClH/c20-27(25,26)17-7-5-14(6-8-17)9-22-18(24)19-12-21-10-15(19)11-23(13-19)16-3-1-2-4-16;;/h5-8,15-16,21H,1-4,9-13H2,(H,22,24)(H2,20,25,26);2*1H/t15-,19-;;/m1../s1. The molecule has 2 saturated heterocycles. The highest BCUT2D eigenvalue weighted by Crippen LogP contribution is 2.42. The van der Waals surface area contributed by atoms with Crippen LogP contribution in [0.4, 0.5) is 0 Å². The van der Waals surface area contributed by atoms with Crippen molar-refractivity contribution in [3.05, 3.63) is 29.8 Å². The molecule has 7 nitrogen and oxygen atoms in total. The predicted octanol–water partition coefficient (Wildman–Crippen LogP) is 1.26. The van der Waals surface area contributed by atoms with Crippen LogP contribution in [0.25, 0.3) is 0 Å². The van der Waals surface area contributed by atoms with Crippen LogP contribution < -0.4 is 15.8 Å². The lowest BCUT2D eigenvalue weighted by atomic mass is 9.80. The van der Waals surface area contributed by atoms with Gasteiger partial charge in [0.25, 0.3) is 0 Å². The molecule has 0 bridgehead atoms. The van der Waals surface area contributed by atoms with Crippen LogP contribution in [0.3, 0.4) is 0 Å². The third-order valence-electron chi connectivity index (χ3n) is 6.55. The van der Waals surface area contributed by atoms with Crippen LogP contribution in [0.5, 0.6) is 0 Å². The molecule has 1 aliphatic carbocycles. The first-order valence-electron chi connectivity index (χ1n) is 9.73. The summed E-state index contributed by atoms with van der Waals surface area (Å²) < 4.78 is 22.7. The zero-order chi connectivity index (χ0) is 19.1. The van der Waals surface area contributed by atoms with E-state index in [-0.39, 0.29) is 41.0 Å². The molecular weight excluding hydrogens is 435 g/mol. The highest BCUT2D eigenvalue weighted by atomic mass is 35.5. The Kier molecular flexibility index (Phi) is 7.98. The third-order valence-corrected chi connectivity index (χ3v) is 7.48. The molecule has 2 aliphatic heterocycles. The molecule has 1 saturated carbocycles. The van der Waals surface area contributed by atoms with Gasteiger partial charge in [0.1, 0.15) is 0 Å². The van der Waals surface area contributed by atoms with E-state index in [9.17, 15) is 13.2 Å². The van der Waals surface area contributed by atoms with E-state index >= 15 is 0 Å². The van der Waals surface area contributed by atoms with E-state index in [0.717, 1.165) is 31.7 Å². The Morgan fingerprint density at radius 2 is 1.86 bits per heavy atom. The Balaban J connectivity index is 0.00000150. The van der Waals surface area contributed by atoms with Gasteiger partial charge in [-0.2, -0.15) is 0 Å². The molecule has 1 amide bonds. The number of hydrogen-bond donors (Lipinski definition) is 3. The molecule has 3 aliphatic rings. The zero-order valence-corrected chi connectivity index (χ0v) is 18.8. The van der Waals surface area contributed by atoms with Crippen LogP contribution in [0.1, 0.15) is 31.2 Å². The molecule has 1 aromatic rings.